The summed E-state index contributed by atoms with van der Waals surface area (Å²) in [5.41, 5.74) is 1.74. The zero-order valence-electron chi connectivity index (χ0n) is 44.2. The number of carbonyl (C=O) groups is 4. The van der Waals surface area contributed by atoms with Crippen LogP contribution in [-0.2, 0) is 52.4 Å². The number of aliphatic carboxylic acids is 1. The van der Waals surface area contributed by atoms with Crippen LogP contribution < -0.4 is 0 Å². The van der Waals surface area contributed by atoms with Crippen LogP contribution in [0.2, 0.25) is 0 Å². The molecule has 4 aliphatic rings. The van der Waals surface area contributed by atoms with Gasteiger partial charge in [-0.3, -0.25) is 9.59 Å². The van der Waals surface area contributed by atoms with Crippen LogP contribution in [0.1, 0.15) is 126 Å². The first-order valence-corrected chi connectivity index (χ1v) is 25.7. The van der Waals surface area contributed by atoms with E-state index in [4.69, 9.17) is 33.3 Å². The van der Waals surface area contributed by atoms with E-state index in [2.05, 4.69) is 5.16 Å². The number of rotatable bonds is 10. The molecule has 0 aromatic heterocycles. The van der Waals surface area contributed by atoms with Gasteiger partial charge >= 0.3 is 11.9 Å². The quantitative estimate of drug-likeness (QED) is 0.0791. The van der Waals surface area contributed by atoms with Gasteiger partial charge in [0.05, 0.1) is 36.2 Å². The average molecular weight is 1000 g/mol. The monoisotopic (exact) mass is 1000 g/mol. The fourth-order valence-electron chi connectivity index (χ4n) is 10.9. The van der Waals surface area contributed by atoms with Crippen molar-refractivity contribution in [3.05, 3.63) is 47.6 Å². The fourth-order valence-corrected chi connectivity index (χ4v) is 10.9. The van der Waals surface area contributed by atoms with Crippen molar-refractivity contribution in [2.45, 2.75) is 186 Å². The first kappa shape index (κ1) is 59.8. The molecule has 17 heteroatoms. The molecule has 4 rings (SSSR count). The first-order chi connectivity index (χ1) is 33.7. The van der Waals surface area contributed by atoms with Crippen molar-refractivity contribution in [2.24, 2.45) is 40.7 Å². The van der Waals surface area contributed by atoms with Crippen LogP contribution in [0, 0.1) is 35.5 Å². The fraction of sp³-hybridized carbons (Fsp3) is 0.759. The minimum Gasteiger partial charge on any atom is -0.479 e. The highest BCUT2D eigenvalue weighted by molar-refractivity contribution is 6.39. The molecule has 2 saturated heterocycles. The Hall–Kier alpha value is -3.81. The van der Waals surface area contributed by atoms with Gasteiger partial charge in [0.1, 0.15) is 24.4 Å². The highest BCUT2D eigenvalue weighted by Gasteiger charge is 2.53. The number of fused-ring (bicyclic) bond motifs is 3. The van der Waals surface area contributed by atoms with Crippen LogP contribution >= 0.6 is 0 Å². The lowest BCUT2D eigenvalue weighted by atomic mass is 9.78. The van der Waals surface area contributed by atoms with Gasteiger partial charge in [0, 0.05) is 65.6 Å². The Morgan fingerprint density at radius 1 is 0.859 bits per heavy atom. The second kappa shape index (κ2) is 28.6. The zero-order chi connectivity index (χ0) is 52.6. The molecule has 0 aromatic rings. The summed E-state index contributed by atoms with van der Waals surface area (Å²) in [6.45, 7) is 12.7. The normalized spacial score (nSPS) is 38.3. The number of nitrogens with zero attached hydrogens (tertiary/aromatic N) is 2. The molecule has 4 N–H and O–H groups in total. The third kappa shape index (κ3) is 16.6. The maximum Gasteiger partial charge on any atom is 0.344 e. The number of hydrogen-bond donors (Lipinski definition) is 4. The van der Waals surface area contributed by atoms with Crippen molar-refractivity contribution < 1.29 is 72.9 Å². The standard InChI is InChI=1S/C54H86N2O15/c1-32-17-13-12-14-18-33(2)43(65-8)29-40-22-20-38(7)54(64,71-40)51(61)52(62)56-24-16-15-19-41(56)53(63)70-45(35(4)27-39-21-23-42(57)46(28-39)67-10)30-44(66-9)34(3)26-37(6)49(60)50(68-11)48(36(5)25-32)55-69-31-47(58)59/h12-14,17-18,26,32,34-36,38-46,49-50,57,60,64H,15-16,19-25,27-31H2,1-11H3,(H,58,59)/b14-12?,17-13+,33-18?,37-26+,55-48-/t32-,34-,35-,36-,38-,39+,40+,41+,42-,43+,44-,45+,46-,49-,50+,54-/m1/s1. The molecule has 0 unspecified atom stereocenters. The van der Waals surface area contributed by atoms with E-state index in [-0.39, 0.29) is 55.1 Å². The van der Waals surface area contributed by atoms with Gasteiger partial charge < -0.3 is 58.6 Å². The van der Waals surface area contributed by atoms with Gasteiger partial charge in [0.25, 0.3) is 11.7 Å². The molecule has 402 valence electrons. The molecular formula is C54H86N2O15. The molecule has 3 heterocycles. The second-order valence-corrected chi connectivity index (χ2v) is 20.8. The number of Topliss-reactive ketones (excluding diaryl/α,β-unsaturated/α-hetero) is 1. The molecule has 2 bridgehead atoms. The van der Waals surface area contributed by atoms with E-state index in [1.807, 2.05) is 71.1 Å². The molecule has 16 atom stereocenters. The lowest BCUT2D eigenvalue weighted by Gasteiger charge is -2.43. The minimum absolute atomic E-state index is 0.0106. The van der Waals surface area contributed by atoms with Crippen molar-refractivity contribution in [3.8, 4) is 0 Å². The topological polar surface area (TPSA) is 229 Å². The van der Waals surface area contributed by atoms with Gasteiger partial charge in [-0.05, 0) is 107 Å². The maximum absolute atomic E-state index is 14.6. The van der Waals surface area contributed by atoms with E-state index in [0.29, 0.717) is 69.1 Å². The van der Waals surface area contributed by atoms with E-state index in [1.54, 1.807) is 35.2 Å². The maximum atomic E-state index is 14.6. The van der Waals surface area contributed by atoms with Crippen LogP contribution in [0.3, 0.4) is 0 Å². The summed E-state index contributed by atoms with van der Waals surface area (Å²) in [4.78, 5) is 61.3. The van der Waals surface area contributed by atoms with E-state index in [9.17, 15) is 39.6 Å². The molecule has 0 radical (unpaired) electrons. The van der Waals surface area contributed by atoms with Crippen LogP contribution in [0.15, 0.2) is 52.8 Å². The number of carboxylic acid groups (broad SMARTS) is 1. The number of hydrogen-bond acceptors (Lipinski definition) is 15. The van der Waals surface area contributed by atoms with Crippen LogP contribution in [0.25, 0.3) is 0 Å². The molecule has 1 amide bonds. The Kier molecular flexibility index (Phi) is 24.1. The Morgan fingerprint density at radius 3 is 2.24 bits per heavy atom. The number of cyclic esters (lactones) is 1. The van der Waals surface area contributed by atoms with Crippen LogP contribution in [0.4, 0.5) is 0 Å². The minimum atomic E-state index is -2.42. The largest absolute Gasteiger partial charge is 0.479 e. The average Bonchev–Trinajstić information content (AvgIpc) is 3.34. The number of aliphatic hydroxyl groups is 3. The number of carbonyl (C=O) groups excluding carboxylic acids is 3. The molecule has 3 aliphatic heterocycles. The number of oxime groups is 1. The number of piperidine rings is 1. The van der Waals surface area contributed by atoms with Crippen molar-refractivity contribution in [1.29, 1.82) is 0 Å². The number of methoxy groups -OCH3 is 4. The number of esters is 1. The van der Waals surface area contributed by atoms with Crippen LogP contribution in [0.5, 0.6) is 0 Å². The van der Waals surface area contributed by atoms with E-state index < -0.39 is 90.7 Å². The number of carboxylic acids is 1. The van der Waals surface area contributed by atoms with Crippen molar-refractivity contribution in [2.75, 3.05) is 41.6 Å². The van der Waals surface area contributed by atoms with Crippen molar-refractivity contribution >= 4 is 29.3 Å². The number of ether oxygens (including phenoxy) is 6. The summed E-state index contributed by atoms with van der Waals surface area (Å²) in [5, 5.41) is 48.1. The number of ketones is 1. The molecule has 71 heavy (non-hydrogen) atoms. The number of amides is 1. The van der Waals surface area contributed by atoms with Crippen molar-refractivity contribution in [3.63, 3.8) is 0 Å². The summed E-state index contributed by atoms with van der Waals surface area (Å²) >= 11 is 0. The second-order valence-electron chi connectivity index (χ2n) is 20.8. The molecule has 1 saturated carbocycles. The van der Waals surface area contributed by atoms with Crippen molar-refractivity contribution in [1.82, 2.24) is 4.90 Å². The molecule has 3 fully saturated rings. The lowest BCUT2D eigenvalue weighted by molar-refractivity contribution is -0.265. The first-order valence-electron chi connectivity index (χ1n) is 25.7. The third-order valence-corrected chi connectivity index (χ3v) is 15.3. The van der Waals surface area contributed by atoms with Gasteiger partial charge in [0.15, 0.2) is 0 Å². The SMILES string of the molecule is CO[C@H]1C[C@@H]2CC[C@@H](C)[C@@](O)(O2)C(=O)C(=O)N2CCCC[C@H]2C(=O)O[C@H]([C@H](C)C[C@@H]2CC[C@@H](O)[C@H](OC)C2)C[C@@H](OC)[C@H](C)/C=C(\C)[C@@H](O)[C@@H](OC)/C(=N\OCC(=O)O)[C@H](C)C[C@H](C)/C=C/C=CC=C1C. The van der Waals surface area contributed by atoms with E-state index >= 15 is 0 Å². The van der Waals surface area contributed by atoms with E-state index in [0.717, 1.165) is 12.0 Å². The van der Waals surface area contributed by atoms with Gasteiger partial charge in [-0.1, -0.05) is 76.2 Å². The summed E-state index contributed by atoms with van der Waals surface area (Å²) in [6, 6.07) is -1.09. The number of aliphatic hydroxyl groups excluding tert-OH is 2. The smallest absolute Gasteiger partial charge is 0.344 e. The van der Waals surface area contributed by atoms with Gasteiger partial charge in [-0.15, -0.1) is 0 Å². The molecule has 17 nitrogen and oxygen atoms in total. The molecule has 1 aliphatic carbocycles. The Bertz CT molecular complexity index is 1900. The summed E-state index contributed by atoms with van der Waals surface area (Å²) in [6.07, 6.45) is 12.1. The van der Waals surface area contributed by atoms with Gasteiger partial charge in [-0.25, -0.2) is 9.59 Å². The highest BCUT2D eigenvalue weighted by Crippen LogP contribution is 2.38. The van der Waals surface area contributed by atoms with E-state index in [1.165, 1.54) is 12.0 Å². The van der Waals surface area contributed by atoms with Gasteiger partial charge in [0.2, 0.25) is 12.4 Å². The van der Waals surface area contributed by atoms with Gasteiger partial charge in [-0.2, -0.15) is 0 Å². The molecular weight excluding hydrogens is 917 g/mol. The predicted molar refractivity (Wildman–Crippen MR) is 267 cm³/mol. The lowest BCUT2D eigenvalue weighted by Crippen LogP contribution is -2.61. The number of allylic oxidation sites excluding steroid dienone is 5. The Morgan fingerprint density at radius 2 is 1.58 bits per heavy atom. The molecule has 0 aromatic carbocycles. The van der Waals surface area contributed by atoms with Crippen LogP contribution in [-0.4, -0.2) is 157 Å². The summed E-state index contributed by atoms with van der Waals surface area (Å²) in [5.74, 6) is -7.83. The summed E-state index contributed by atoms with van der Waals surface area (Å²) in [7, 11) is 6.19. The third-order valence-electron chi connectivity index (χ3n) is 15.3. The zero-order valence-corrected chi connectivity index (χ0v) is 44.2. The Labute approximate surface area is 422 Å². The predicted octanol–water partition coefficient (Wildman–Crippen LogP) is 6.51. The highest BCUT2D eigenvalue weighted by atomic mass is 16.6. The Balaban J connectivity index is 1.77. The molecule has 0 spiro atoms. The summed E-state index contributed by atoms with van der Waals surface area (Å²) < 4.78 is 36.2.